The van der Waals surface area contributed by atoms with Crippen molar-refractivity contribution in [2.24, 2.45) is 5.92 Å². The number of ether oxygens (including phenoxy) is 2. The predicted octanol–water partition coefficient (Wildman–Crippen LogP) is 1.57. The number of aromatic nitrogens is 2. The van der Waals surface area contributed by atoms with Crippen molar-refractivity contribution in [3.8, 4) is 5.75 Å². The van der Waals surface area contributed by atoms with E-state index in [1.807, 2.05) is 32.0 Å². The number of nitrogens with one attached hydrogen (secondary N) is 2. The molecule has 0 saturated heterocycles. The van der Waals surface area contributed by atoms with Crippen molar-refractivity contribution in [3.05, 3.63) is 67.5 Å². The Hall–Kier alpha value is -3.29. The first-order valence-electron chi connectivity index (χ1n) is 9.09. The molecule has 2 aromatic rings. The third-order valence-corrected chi connectivity index (χ3v) is 4.97. The van der Waals surface area contributed by atoms with E-state index in [0.29, 0.717) is 40.5 Å². The van der Waals surface area contributed by atoms with E-state index in [0.717, 1.165) is 0 Å². The second-order valence-electron chi connectivity index (χ2n) is 7.29. The number of nitrogens with zero attached hydrogens (tertiary/aromatic N) is 1. The van der Waals surface area contributed by atoms with Crippen molar-refractivity contribution in [2.75, 3.05) is 19.0 Å². The average Bonchev–Trinajstić information content (AvgIpc) is 3.04. The minimum atomic E-state index is -0.694. The summed E-state index contributed by atoms with van der Waals surface area (Å²) in [6.07, 6.45) is 0. The number of carbonyl (C=O) groups excluding carboxylic acids is 1. The molecule has 1 unspecified atom stereocenters. The average molecular weight is 383 g/mol. The van der Waals surface area contributed by atoms with Crippen molar-refractivity contribution in [1.29, 1.82) is 0 Å². The molecular weight excluding hydrogens is 362 g/mol. The van der Waals surface area contributed by atoms with Crippen LogP contribution in [-0.4, -0.2) is 29.2 Å². The van der Waals surface area contributed by atoms with Crippen LogP contribution in [0.1, 0.15) is 30.9 Å². The van der Waals surface area contributed by atoms with Gasteiger partial charge in [0.2, 0.25) is 0 Å². The van der Waals surface area contributed by atoms with Crippen LogP contribution < -0.4 is 21.3 Å². The lowest BCUT2D eigenvalue weighted by atomic mass is 9.82. The summed E-state index contributed by atoms with van der Waals surface area (Å²) in [4.78, 5) is 40.3. The number of H-pyrrole nitrogens is 1. The van der Waals surface area contributed by atoms with Crippen molar-refractivity contribution in [2.45, 2.75) is 26.3 Å². The second-order valence-corrected chi connectivity index (χ2v) is 7.29. The van der Waals surface area contributed by atoms with Crippen LogP contribution in [0.4, 0.5) is 5.82 Å². The van der Waals surface area contributed by atoms with Gasteiger partial charge in [-0.05, 0) is 12.0 Å². The topological polar surface area (TPSA) is 102 Å². The number of hydrogen-bond donors (Lipinski definition) is 2. The molecule has 1 aromatic heterocycles. The fourth-order valence-corrected chi connectivity index (χ4v) is 3.84. The Labute approximate surface area is 160 Å². The smallest absolute Gasteiger partial charge is 0.337 e. The summed E-state index contributed by atoms with van der Waals surface area (Å²) in [6, 6.07) is 7.22. The molecule has 0 fully saturated rings. The lowest BCUT2D eigenvalue weighted by molar-refractivity contribution is -0.136. The van der Waals surface area contributed by atoms with Crippen LogP contribution in [-0.2, 0) is 16.1 Å². The van der Waals surface area contributed by atoms with Gasteiger partial charge in [-0.15, -0.1) is 0 Å². The molecule has 1 aromatic carbocycles. The van der Waals surface area contributed by atoms with E-state index in [1.54, 1.807) is 6.07 Å². The summed E-state index contributed by atoms with van der Waals surface area (Å²) in [5, 5.41) is 3.12. The van der Waals surface area contributed by atoms with Gasteiger partial charge in [-0.1, -0.05) is 32.0 Å². The maximum Gasteiger partial charge on any atom is 0.337 e. The number of aromatic amines is 1. The first-order valence-corrected chi connectivity index (χ1v) is 9.09. The Kier molecular flexibility index (Phi) is 4.33. The third-order valence-electron chi connectivity index (χ3n) is 4.97. The highest BCUT2D eigenvalue weighted by Crippen LogP contribution is 2.44. The Morgan fingerprint density at radius 2 is 2.00 bits per heavy atom. The molecule has 4 rings (SSSR count). The molecule has 2 aliphatic heterocycles. The number of rotatable bonds is 4. The molecule has 0 radical (unpaired) electrons. The Morgan fingerprint density at radius 3 is 2.71 bits per heavy atom. The van der Waals surface area contributed by atoms with Crippen molar-refractivity contribution in [3.63, 3.8) is 0 Å². The quantitative estimate of drug-likeness (QED) is 0.777. The fourth-order valence-electron chi connectivity index (χ4n) is 3.84. The van der Waals surface area contributed by atoms with Crippen molar-refractivity contribution in [1.82, 2.24) is 9.55 Å². The van der Waals surface area contributed by atoms with E-state index in [-0.39, 0.29) is 12.5 Å². The maximum absolute atomic E-state index is 12.9. The summed E-state index contributed by atoms with van der Waals surface area (Å²) >= 11 is 0. The summed E-state index contributed by atoms with van der Waals surface area (Å²) in [5.41, 5.74) is 0.891. The van der Waals surface area contributed by atoms with E-state index < -0.39 is 23.1 Å². The normalized spacial score (nSPS) is 17.9. The molecule has 3 heterocycles. The lowest BCUT2D eigenvalue weighted by Gasteiger charge is -2.29. The number of benzene rings is 1. The molecule has 28 heavy (non-hydrogen) atoms. The standard InChI is InChI=1S/C20H21N3O5/c1-10(2)8-23-17-16(18(24)22-20(23)26)14(11-6-4-5-7-13(11)27-3)15-12(21-17)9-28-19(15)25/h4-7,10,14,21H,8-9H2,1-3H3,(H,22,24,26). The van der Waals surface area contributed by atoms with E-state index in [4.69, 9.17) is 9.47 Å². The Balaban J connectivity index is 2.05. The highest BCUT2D eigenvalue weighted by Gasteiger charge is 2.42. The van der Waals surface area contributed by atoms with Gasteiger partial charge in [0.15, 0.2) is 0 Å². The minimum absolute atomic E-state index is 0.0714. The van der Waals surface area contributed by atoms with Gasteiger partial charge in [0.1, 0.15) is 18.2 Å². The number of methoxy groups -OCH3 is 1. The molecule has 8 heteroatoms. The molecule has 0 aliphatic carbocycles. The molecule has 8 nitrogen and oxygen atoms in total. The highest BCUT2D eigenvalue weighted by molar-refractivity contribution is 5.97. The number of para-hydroxylation sites is 1. The van der Waals surface area contributed by atoms with Gasteiger partial charge in [0.05, 0.1) is 29.9 Å². The zero-order chi connectivity index (χ0) is 20.0. The molecule has 146 valence electrons. The van der Waals surface area contributed by atoms with Gasteiger partial charge in [-0.25, -0.2) is 9.59 Å². The molecule has 2 N–H and O–H groups in total. The van der Waals surface area contributed by atoms with E-state index in [2.05, 4.69) is 10.3 Å². The van der Waals surface area contributed by atoms with E-state index in [1.165, 1.54) is 11.7 Å². The third kappa shape index (κ3) is 2.72. The molecule has 0 saturated carbocycles. The lowest BCUT2D eigenvalue weighted by Crippen LogP contribution is -2.39. The first kappa shape index (κ1) is 18.1. The first-order chi connectivity index (χ1) is 13.4. The summed E-state index contributed by atoms with van der Waals surface area (Å²) in [5.74, 6) is -0.0513. The fraction of sp³-hybridized carbons (Fsp3) is 0.350. The van der Waals surface area contributed by atoms with Crippen molar-refractivity contribution < 1.29 is 14.3 Å². The molecule has 0 amide bonds. The van der Waals surface area contributed by atoms with Crippen LogP contribution in [0.5, 0.6) is 5.75 Å². The van der Waals surface area contributed by atoms with Gasteiger partial charge in [-0.2, -0.15) is 0 Å². The summed E-state index contributed by atoms with van der Waals surface area (Å²) in [6.45, 7) is 4.46. The van der Waals surface area contributed by atoms with Crippen molar-refractivity contribution >= 4 is 11.8 Å². The van der Waals surface area contributed by atoms with Gasteiger partial charge < -0.3 is 14.8 Å². The Morgan fingerprint density at radius 1 is 1.25 bits per heavy atom. The number of esters is 1. The van der Waals surface area contributed by atoms with Gasteiger partial charge >= 0.3 is 11.7 Å². The number of carbonyl (C=O) groups is 1. The molecule has 2 aliphatic rings. The summed E-state index contributed by atoms with van der Waals surface area (Å²) in [7, 11) is 1.53. The van der Waals surface area contributed by atoms with Gasteiger partial charge in [0.25, 0.3) is 5.56 Å². The highest BCUT2D eigenvalue weighted by atomic mass is 16.5. The zero-order valence-electron chi connectivity index (χ0n) is 15.9. The van der Waals surface area contributed by atoms with Crippen LogP contribution in [0.3, 0.4) is 0 Å². The number of anilines is 1. The van der Waals surface area contributed by atoms with E-state index >= 15 is 0 Å². The number of cyclic esters (lactones) is 1. The van der Waals surface area contributed by atoms with Crippen LogP contribution in [0, 0.1) is 5.92 Å². The molecule has 0 bridgehead atoms. The molecular formula is C20H21N3O5. The van der Waals surface area contributed by atoms with Crippen LogP contribution in [0.2, 0.25) is 0 Å². The maximum atomic E-state index is 12.9. The Bertz CT molecular complexity index is 1110. The number of hydrogen-bond acceptors (Lipinski definition) is 6. The molecule has 0 spiro atoms. The largest absolute Gasteiger partial charge is 0.496 e. The second kappa shape index (κ2) is 6.70. The zero-order valence-corrected chi connectivity index (χ0v) is 15.9. The van der Waals surface area contributed by atoms with E-state index in [9.17, 15) is 14.4 Å². The van der Waals surface area contributed by atoms with Gasteiger partial charge in [-0.3, -0.25) is 14.3 Å². The van der Waals surface area contributed by atoms with Crippen LogP contribution in [0.15, 0.2) is 45.1 Å². The SMILES string of the molecule is COc1ccccc1C1C2=C(COC2=O)Nc2c1c(=O)[nH]c(=O)n2CC(C)C. The number of fused-ring (bicyclic) bond motifs is 1. The van der Waals surface area contributed by atoms with Crippen LogP contribution >= 0.6 is 0 Å². The molecule has 1 atom stereocenters. The minimum Gasteiger partial charge on any atom is -0.496 e. The van der Waals surface area contributed by atoms with Crippen LogP contribution in [0.25, 0.3) is 0 Å². The summed E-state index contributed by atoms with van der Waals surface area (Å²) < 4.78 is 12.2. The van der Waals surface area contributed by atoms with Gasteiger partial charge in [0, 0.05) is 12.1 Å². The monoisotopic (exact) mass is 383 g/mol. The predicted molar refractivity (Wildman–Crippen MR) is 103 cm³/mol.